The second-order valence-corrected chi connectivity index (χ2v) is 6.21. The van der Waals surface area contributed by atoms with E-state index in [0.717, 1.165) is 12.1 Å². The minimum absolute atomic E-state index is 0.184. The highest BCUT2D eigenvalue weighted by Gasteiger charge is 2.42. The fourth-order valence-corrected chi connectivity index (χ4v) is 3.23. The second-order valence-electron chi connectivity index (χ2n) is 6.21. The van der Waals surface area contributed by atoms with Crippen LogP contribution in [0.15, 0.2) is 36.7 Å². The van der Waals surface area contributed by atoms with Gasteiger partial charge in [0.15, 0.2) is 0 Å². The summed E-state index contributed by atoms with van der Waals surface area (Å²) in [5.74, 6) is -1.38. The van der Waals surface area contributed by atoms with Gasteiger partial charge >= 0.3 is 6.18 Å². The topological polar surface area (TPSA) is 59.0 Å². The van der Waals surface area contributed by atoms with Crippen molar-refractivity contribution in [1.82, 2.24) is 20.4 Å². The molecule has 1 aliphatic heterocycles. The van der Waals surface area contributed by atoms with Crippen molar-refractivity contribution in [3.8, 4) is 0 Å². The summed E-state index contributed by atoms with van der Waals surface area (Å²) in [6, 6.07) is 4.13. The molecule has 2 heterocycles. The standard InChI is InChI=1S/C17H18F4N4O/c18-13-3-2-12(14(10-13)17(19,20)21)11-23-15(26)16(4-7-22-8-5-16)25-9-1-6-24-25/h1-3,6,9-10,22H,4-5,7-8,11H2,(H,23,26). The van der Waals surface area contributed by atoms with Gasteiger partial charge < -0.3 is 10.6 Å². The number of nitrogens with zero attached hydrogens (tertiary/aromatic N) is 2. The first-order chi connectivity index (χ1) is 12.3. The van der Waals surface area contributed by atoms with Gasteiger partial charge in [0, 0.05) is 18.9 Å². The lowest BCUT2D eigenvalue weighted by Gasteiger charge is -2.36. The number of alkyl halides is 3. The molecule has 9 heteroatoms. The first-order valence-electron chi connectivity index (χ1n) is 8.18. The number of benzene rings is 1. The number of carbonyl (C=O) groups excluding carboxylic acids is 1. The molecule has 1 aromatic heterocycles. The highest BCUT2D eigenvalue weighted by molar-refractivity contribution is 5.84. The van der Waals surface area contributed by atoms with Gasteiger partial charge in [0.25, 0.3) is 0 Å². The van der Waals surface area contributed by atoms with Crippen molar-refractivity contribution in [3.05, 3.63) is 53.6 Å². The molecule has 3 rings (SSSR count). The summed E-state index contributed by atoms with van der Waals surface area (Å²) in [4.78, 5) is 12.9. The minimum Gasteiger partial charge on any atom is -0.350 e. The van der Waals surface area contributed by atoms with E-state index in [2.05, 4.69) is 15.7 Å². The van der Waals surface area contributed by atoms with Gasteiger partial charge in [-0.2, -0.15) is 18.3 Å². The summed E-state index contributed by atoms with van der Waals surface area (Å²) in [6.45, 7) is 0.847. The Balaban J connectivity index is 1.82. The fourth-order valence-electron chi connectivity index (χ4n) is 3.23. The lowest BCUT2D eigenvalue weighted by Crippen LogP contribution is -2.54. The largest absolute Gasteiger partial charge is 0.416 e. The van der Waals surface area contributed by atoms with Gasteiger partial charge in [-0.05, 0) is 49.7 Å². The molecule has 0 atom stereocenters. The SMILES string of the molecule is O=C(NCc1ccc(F)cc1C(F)(F)F)C1(n2cccn2)CCNCC1. The van der Waals surface area contributed by atoms with Crippen molar-refractivity contribution in [2.24, 2.45) is 0 Å². The lowest BCUT2D eigenvalue weighted by atomic mass is 9.87. The van der Waals surface area contributed by atoms with E-state index in [9.17, 15) is 22.4 Å². The lowest BCUT2D eigenvalue weighted by molar-refractivity contribution is -0.139. The van der Waals surface area contributed by atoms with Gasteiger partial charge in [0.05, 0.1) is 5.56 Å². The number of hydrogen-bond donors (Lipinski definition) is 2. The molecule has 1 aliphatic rings. The third kappa shape index (κ3) is 3.57. The van der Waals surface area contributed by atoms with Crippen LogP contribution in [0, 0.1) is 5.82 Å². The Labute approximate surface area is 147 Å². The van der Waals surface area contributed by atoms with Gasteiger partial charge in [-0.3, -0.25) is 9.48 Å². The number of piperidine rings is 1. The van der Waals surface area contributed by atoms with Crippen molar-refractivity contribution >= 4 is 5.91 Å². The Morgan fingerprint density at radius 1 is 1.31 bits per heavy atom. The van der Waals surface area contributed by atoms with Gasteiger partial charge in [-0.1, -0.05) is 6.07 Å². The predicted octanol–water partition coefficient (Wildman–Crippen LogP) is 2.44. The monoisotopic (exact) mass is 370 g/mol. The number of nitrogens with one attached hydrogen (secondary N) is 2. The van der Waals surface area contributed by atoms with E-state index in [0.29, 0.717) is 32.0 Å². The normalized spacial score (nSPS) is 17.1. The molecule has 0 aliphatic carbocycles. The van der Waals surface area contributed by atoms with Crippen LogP contribution >= 0.6 is 0 Å². The zero-order chi connectivity index (χ0) is 18.8. The number of carbonyl (C=O) groups is 1. The molecule has 26 heavy (non-hydrogen) atoms. The molecule has 1 amide bonds. The van der Waals surface area contributed by atoms with Crippen LogP contribution in [0.4, 0.5) is 17.6 Å². The Hall–Kier alpha value is -2.42. The summed E-state index contributed by atoms with van der Waals surface area (Å²) >= 11 is 0. The summed E-state index contributed by atoms with van der Waals surface area (Å²) in [7, 11) is 0. The van der Waals surface area contributed by atoms with Crippen LogP contribution in [-0.2, 0) is 23.1 Å². The van der Waals surface area contributed by atoms with Crippen LogP contribution in [0.1, 0.15) is 24.0 Å². The Morgan fingerprint density at radius 3 is 2.65 bits per heavy atom. The molecular formula is C17H18F4N4O. The summed E-state index contributed by atoms with van der Waals surface area (Å²) < 4.78 is 54.1. The van der Waals surface area contributed by atoms with Crippen LogP contribution < -0.4 is 10.6 Å². The maximum atomic E-state index is 13.2. The van der Waals surface area contributed by atoms with Gasteiger partial charge in [-0.15, -0.1) is 0 Å². The third-order valence-electron chi connectivity index (χ3n) is 4.61. The highest BCUT2D eigenvalue weighted by atomic mass is 19.4. The van der Waals surface area contributed by atoms with Gasteiger partial charge in [0.1, 0.15) is 11.4 Å². The predicted molar refractivity (Wildman–Crippen MR) is 85.6 cm³/mol. The number of aromatic nitrogens is 2. The van der Waals surface area contributed by atoms with Gasteiger partial charge in [-0.25, -0.2) is 4.39 Å². The fraction of sp³-hybridized carbons (Fsp3) is 0.412. The molecule has 0 bridgehead atoms. The average molecular weight is 370 g/mol. The molecule has 1 aromatic carbocycles. The number of halogens is 4. The van der Waals surface area contributed by atoms with E-state index < -0.39 is 29.0 Å². The molecule has 1 fully saturated rings. The van der Waals surface area contributed by atoms with Crippen LogP contribution in [0.2, 0.25) is 0 Å². The van der Waals surface area contributed by atoms with Crippen LogP contribution in [0.5, 0.6) is 0 Å². The summed E-state index contributed by atoms with van der Waals surface area (Å²) in [5.41, 5.74) is -2.22. The van der Waals surface area contributed by atoms with E-state index in [-0.39, 0.29) is 12.1 Å². The Kier molecular flexibility index (Phi) is 4.99. The molecule has 0 radical (unpaired) electrons. The summed E-state index contributed by atoms with van der Waals surface area (Å²) in [6.07, 6.45) is -0.536. The van der Waals surface area contributed by atoms with Crippen molar-refractivity contribution in [2.75, 3.05) is 13.1 Å². The van der Waals surface area contributed by atoms with Crippen molar-refractivity contribution in [2.45, 2.75) is 31.1 Å². The molecule has 5 nitrogen and oxygen atoms in total. The first kappa shape index (κ1) is 18.4. The number of amides is 1. The first-order valence-corrected chi connectivity index (χ1v) is 8.18. The molecule has 140 valence electrons. The molecule has 2 N–H and O–H groups in total. The molecule has 1 saturated heterocycles. The van der Waals surface area contributed by atoms with Crippen LogP contribution in [-0.4, -0.2) is 28.8 Å². The molecule has 0 saturated carbocycles. The number of rotatable bonds is 4. The van der Waals surface area contributed by atoms with Crippen LogP contribution in [0.25, 0.3) is 0 Å². The van der Waals surface area contributed by atoms with Crippen molar-refractivity contribution in [1.29, 1.82) is 0 Å². The van der Waals surface area contributed by atoms with Crippen LogP contribution in [0.3, 0.4) is 0 Å². The van der Waals surface area contributed by atoms with Crippen molar-refractivity contribution < 1.29 is 22.4 Å². The summed E-state index contributed by atoms with van der Waals surface area (Å²) in [5, 5.41) is 9.89. The molecular weight excluding hydrogens is 352 g/mol. The van der Waals surface area contributed by atoms with Crippen molar-refractivity contribution in [3.63, 3.8) is 0 Å². The zero-order valence-corrected chi connectivity index (χ0v) is 13.8. The second kappa shape index (κ2) is 7.06. The smallest absolute Gasteiger partial charge is 0.350 e. The highest BCUT2D eigenvalue weighted by Crippen LogP contribution is 2.33. The van der Waals surface area contributed by atoms with E-state index in [1.54, 1.807) is 23.1 Å². The maximum Gasteiger partial charge on any atom is 0.416 e. The van der Waals surface area contributed by atoms with E-state index in [4.69, 9.17) is 0 Å². The average Bonchev–Trinajstić information content (AvgIpc) is 3.15. The molecule has 0 unspecified atom stereocenters. The minimum atomic E-state index is -4.70. The number of hydrogen-bond acceptors (Lipinski definition) is 3. The van der Waals surface area contributed by atoms with E-state index in [1.807, 2.05) is 0 Å². The third-order valence-corrected chi connectivity index (χ3v) is 4.61. The maximum absolute atomic E-state index is 13.2. The Morgan fingerprint density at radius 2 is 2.04 bits per heavy atom. The Bertz CT molecular complexity index is 768. The molecule has 0 spiro atoms. The zero-order valence-electron chi connectivity index (χ0n) is 13.8. The van der Waals surface area contributed by atoms with E-state index in [1.165, 1.54) is 0 Å². The van der Waals surface area contributed by atoms with Gasteiger partial charge in [0.2, 0.25) is 5.91 Å². The quantitative estimate of drug-likeness (QED) is 0.813. The van der Waals surface area contributed by atoms with E-state index >= 15 is 0 Å². The molecule has 2 aromatic rings.